The van der Waals surface area contributed by atoms with Gasteiger partial charge in [-0.05, 0) is 46.7 Å². The molecule has 0 amide bonds. The van der Waals surface area contributed by atoms with Crippen LogP contribution in [0.3, 0.4) is 0 Å². The molecule has 0 aliphatic carbocycles. The van der Waals surface area contributed by atoms with Crippen LogP contribution in [0.4, 0.5) is 5.95 Å². The predicted molar refractivity (Wildman–Crippen MR) is 105 cm³/mol. The van der Waals surface area contributed by atoms with E-state index in [-0.39, 0.29) is 0 Å². The third-order valence-corrected chi connectivity index (χ3v) is 4.51. The first kappa shape index (κ1) is 19.3. The third-order valence-electron chi connectivity index (χ3n) is 3.91. The van der Waals surface area contributed by atoms with Crippen LogP contribution in [-0.4, -0.2) is 27.3 Å². The van der Waals surface area contributed by atoms with E-state index in [1.165, 1.54) is 0 Å². The Hall–Kier alpha value is -2.51. The highest BCUT2D eigenvalue weighted by Gasteiger charge is 2.12. The standard InChI is InChI=1S/C18H19Cl2N5O2/c1-3-25-18(22-23-24-25)21-10-13-8-16(26-2)17(9-15(13)20)27-11-12-4-6-14(19)7-5-12/h4-9H,3,10-11H2,1-2H3,(H,21,22,24). The minimum Gasteiger partial charge on any atom is -0.493 e. The van der Waals surface area contributed by atoms with Crippen LogP contribution in [0.2, 0.25) is 10.0 Å². The molecule has 2 aromatic carbocycles. The average molecular weight is 408 g/mol. The molecular formula is C18H19Cl2N5O2. The Morgan fingerprint density at radius 2 is 1.89 bits per heavy atom. The molecule has 0 saturated carbocycles. The second-order valence-corrected chi connectivity index (χ2v) is 6.53. The molecular weight excluding hydrogens is 389 g/mol. The molecule has 3 aromatic rings. The van der Waals surface area contributed by atoms with Gasteiger partial charge in [-0.15, -0.1) is 0 Å². The number of anilines is 1. The first-order chi connectivity index (χ1) is 13.1. The van der Waals surface area contributed by atoms with Crippen LogP contribution >= 0.6 is 23.2 Å². The van der Waals surface area contributed by atoms with Gasteiger partial charge in [-0.2, -0.15) is 0 Å². The SMILES string of the molecule is CCn1nnnc1NCc1cc(OC)c(OCc2ccc(Cl)cc2)cc1Cl. The maximum atomic E-state index is 6.42. The Balaban J connectivity index is 1.71. The van der Waals surface area contributed by atoms with Gasteiger partial charge in [0.15, 0.2) is 11.5 Å². The maximum Gasteiger partial charge on any atom is 0.243 e. The van der Waals surface area contributed by atoms with Crippen molar-refractivity contribution in [3.05, 3.63) is 57.6 Å². The lowest BCUT2D eigenvalue weighted by molar-refractivity contribution is 0.284. The predicted octanol–water partition coefficient (Wildman–Crippen LogP) is 4.20. The number of ether oxygens (including phenoxy) is 2. The quantitative estimate of drug-likeness (QED) is 0.602. The summed E-state index contributed by atoms with van der Waals surface area (Å²) < 4.78 is 13.0. The zero-order valence-corrected chi connectivity index (χ0v) is 16.5. The van der Waals surface area contributed by atoms with Crippen LogP contribution in [-0.2, 0) is 19.7 Å². The second-order valence-electron chi connectivity index (χ2n) is 5.68. The maximum absolute atomic E-state index is 6.42. The number of benzene rings is 2. The Morgan fingerprint density at radius 3 is 2.59 bits per heavy atom. The highest BCUT2D eigenvalue weighted by atomic mass is 35.5. The zero-order valence-electron chi connectivity index (χ0n) is 14.9. The van der Waals surface area contributed by atoms with Gasteiger partial charge in [0.2, 0.25) is 5.95 Å². The number of halogens is 2. The molecule has 27 heavy (non-hydrogen) atoms. The van der Waals surface area contributed by atoms with Crippen molar-refractivity contribution in [1.82, 2.24) is 20.2 Å². The first-order valence-corrected chi connectivity index (χ1v) is 9.10. The van der Waals surface area contributed by atoms with E-state index in [1.807, 2.05) is 37.3 Å². The Bertz CT molecular complexity index is 899. The second kappa shape index (κ2) is 8.92. The number of hydrogen-bond donors (Lipinski definition) is 1. The minimum absolute atomic E-state index is 0.382. The summed E-state index contributed by atoms with van der Waals surface area (Å²) in [7, 11) is 1.59. The van der Waals surface area contributed by atoms with Crippen LogP contribution in [0.5, 0.6) is 11.5 Å². The van der Waals surface area contributed by atoms with Crippen LogP contribution in [0.15, 0.2) is 36.4 Å². The lowest BCUT2D eigenvalue weighted by Gasteiger charge is -2.14. The molecule has 7 nitrogen and oxygen atoms in total. The molecule has 0 radical (unpaired) electrons. The number of nitrogens with zero attached hydrogens (tertiary/aromatic N) is 4. The van der Waals surface area contributed by atoms with Crippen molar-refractivity contribution in [3.63, 3.8) is 0 Å². The number of nitrogens with one attached hydrogen (secondary N) is 1. The van der Waals surface area contributed by atoms with Crippen molar-refractivity contribution in [2.24, 2.45) is 0 Å². The smallest absolute Gasteiger partial charge is 0.243 e. The van der Waals surface area contributed by atoms with Gasteiger partial charge >= 0.3 is 0 Å². The summed E-state index contributed by atoms with van der Waals surface area (Å²) in [6.45, 7) is 3.47. The molecule has 9 heteroatoms. The Labute approximate surface area is 167 Å². The normalized spacial score (nSPS) is 10.7. The average Bonchev–Trinajstić information content (AvgIpc) is 3.14. The molecule has 3 rings (SSSR count). The van der Waals surface area contributed by atoms with Crippen molar-refractivity contribution in [2.75, 3.05) is 12.4 Å². The van der Waals surface area contributed by atoms with E-state index >= 15 is 0 Å². The van der Waals surface area contributed by atoms with Crippen LogP contribution in [0.25, 0.3) is 0 Å². The number of hydrogen-bond acceptors (Lipinski definition) is 6. The number of aromatic nitrogens is 4. The minimum atomic E-state index is 0.382. The summed E-state index contributed by atoms with van der Waals surface area (Å²) in [5.74, 6) is 1.75. The van der Waals surface area contributed by atoms with E-state index in [0.717, 1.165) is 11.1 Å². The topological polar surface area (TPSA) is 74.1 Å². The monoisotopic (exact) mass is 407 g/mol. The van der Waals surface area contributed by atoms with Gasteiger partial charge in [0.05, 0.1) is 7.11 Å². The lowest BCUT2D eigenvalue weighted by atomic mass is 10.2. The van der Waals surface area contributed by atoms with Gasteiger partial charge in [-0.3, -0.25) is 0 Å². The molecule has 1 N–H and O–H groups in total. The van der Waals surface area contributed by atoms with Gasteiger partial charge in [0, 0.05) is 29.2 Å². The fourth-order valence-electron chi connectivity index (χ4n) is 2.45. The van der Waals surface area contributed by atoms with Crippen LogP contribution in [0.1, 0.15) is 18.1 Å². The fraction of sp³-hybridized carbons (Fsp3) is 0.278. The number of tetrazole rings is 1. The lowest BCUT2D eigenvalue weighted by Crippen LogP contribution is -2.08. The van der Waals surface area contributed by atoms with E-state index in [4.69, 9.17) is 32.7 Å². The van der Waals surface area contributed by atoms with Crippen LogP contribution < -0.4 is 14.8 Å². The molecule has 0 bridgehead atoms. The molecule has 0 aliphatic heterocycles. The molecule has 0 unspecified atom stereocenters. The molecule has 1 heterocycles. The van der Waals surface area contributed by atoms with E-state index in [2.05, 4.69) is 20.8 Å². The van der Waals surface area contributed by atoms with Gasteiger partial charge in [-0.1, -0.05) is 40.4 Å². The zero-order chi connectivity index (χ0) is 19.2. The van der Waals surface area contributed by atoms with Crippen molar-refractivity contribution in [1.29, 1.82) is 0 Å². The summed E-state index contributed by atoms with van der Waals surface area (Å²) in [5.41, 5.74) is 1.84. The number of rotatable bonds is 8. The summed E-state index contributed by atoms with van der Waals surface area (Å²) in [6, 6.07) is 11.0. The third kappa shape index (κ3) is 4.81. The van der Waals surface area contributed by atoms with Crippen molar-refractivity contribution < 1.29 is 9.47 Å². The van der Waals surface area contributed by atoms with E-state index in [0.29, 0.717) is 47.2 Å². The number of aryl methyl sites for hydroxylation is 1. The Kier molecular flexibility index (Phi) is 6.36. The van der Waals surface area contributed by atoms with Crippen LogP contribution in [0, 0.1) is 0 Å². The highest BCUT2D eigenvalue weighted by molar-refractivity contribution is 6.31. The van der Waals surface area contributed by atoms with Crippen molar-refractivity contribution in [3.8, 4) is 11.5 Å². The van der Waals surface area contributed by atoms with E-state index in [9.17, 15) is 0 Å². The largest absolute Gasteiger partial charge is 0.493 e. The number of methoxy groups -OCH3 is 1. The molecule has 0 spiro atoms. The van der Waals surface area contributed by atoms with Gasteiger partial charge in [-0.25, -0.2) is 4.68 Å². The molecule has 142 valence electrons. The fourth-order valence-corrected chi connectivity index (χ4v) is 2.79. The molecule has 0 fully saturated rings. The summed E-state index contributed by atoms with van der Waals surface area (Å²) in [4.78, 5) is 0. The highest BCUT2D eigenvalue weighted by Crippen LogP contribution is 2.34. The van der Waals surface area contributed by atoms with Crippen molar-refractivity contribution in [2.45, 2.75) is 26.6 Å². The van der Waals surface area contributed by atoms with Gasteiger partial charge < -0.3 is 14.8 Å². The van der Waals surface area contributed by atoms with Gasteiger partial charge in [0.25, 0.3) is 0 Å². The summed E-state index contributed by atoms with van der Waals surface area (Å²) >= 11 is 12.3. The molecule has 0 aliphatic rings. The molecule has 0 saturated heterocycles. The van der Waals surface area contributed by atoms with E-state index < -0.39 is 0 Å². The van der Waals surface area contributed by atoms with E-state index in [1.54, 1.807) is 17.9 Å². The summed E-state index contributed by atoms with van der Waals surface area (Å²) in [6.07, 6.45) is 0. The Morgan fingerprint density at radius 1 is 1.11 bits per heavy atom. The molecule has 0 atom stereocenters. The van der Waals surface area contributed by atoms with Crippen molar-refractivity contribution >= 4 is 29.2 Å². The molecule has 1 aromatic heterocycles. The summed E-state index contributed by atoms with van der Waals surface area (Å²) in [5, 5.41) is 15.9. The van der Waals surface area contributed by atoms with Gasteiger partial charge in [0.1, 0.15) is 6.61 Å². The first-order valence-electron chi connectivity index (χ1n) is 8.34.